The maximum atomic E-state index is 12.2. The van der Waals surface area contributed by atoms with Crippen LogP contribution in [0.15, 0.2) is 30.9 Å². The van der Waals surface area contributed by atoms with Crippen LogP contribution in [0.4, 0.5) is 0 Å². The van der Waals surface area contributed by atoms with E-state index in [4.69, 9.17) is 14.2 Å². The Morgan fingerprint density at radius 3 is 2.16 bits per heavy atom. The first-order valence-electron chi connectivity index (χ1n) is 5.54. The minimum atomic E-state index is -0.225. The molecule has 0 amide bonds. The van der Waals surface area contributed by atoms with Crippen molar-refractivity contribution in [3.05, 3.63) is 36.4 Å². The summed E-state index contributed by atoms with van der Waals surface area (Å²) in [7, 11) is 4.52. The smallest absolute Gasteiger partial charge is 0.263 e. The van der Waals surface area contributed by atoms with Gasteiger partial charge in [-0.1, -0.05) is 0 Å². The fourth-order valence-corrected chi connectivity index (χ4v) is 1.73. The number of hydrogen-bond donors (Lipinski definition) is 0. The van der Waals surface area contributed by atoms with E-state index in [-0.39, 0.29) is 5.91 Å². The van der Waals surface area contributed by atoms with Crippen molar-refractivity contribution in [3.8, 4) is 17.2 Å². The zero-order valence-corrected chi connectivity index (χ0v) is 10.9. The van der Waals surface area contributed by atoms with Crippen LogP contribution in [-0.2, 0) is 0 Å². The molecule has 19 heavy (non-hydrogen) atoms. The molecule has 0 spiro atoms. The van der Waals surface area contributed by atoms with E-state index in [9.17, 15) is 4.79 Å². The number of nitrogens with zero attached hydrogens (tertiary/aromatic N) is 2. The van der Waals surface area contributed by atoms with Gasteiger partial charge >= 0.3 is 0 Å². The van der Waals surface area contributed by atoms with Crippen molar-refractivity contribution in [2.45, 2.75) is 0 Å². The van der Waals surface area contributed by atoms with Crippen LogP contribution in [0.5, 0.6) is 17.2 Å². The molecule has 0 aliphatic rings. The molecular weight excluding hydrogens is 248 g/mol. The molecule has 0 fully saturated rings. The van der Waals surface area contributed by atoms with Crippen LogP contribution < -0.4 is 14.2 Å². The third kappa shape index (κ3) is 2.37. The number of rotatable bonds is 4. The lowest BCUT2D eigenvalue weighted by Gasteiger charge is -2.13. The summed E-state index contributed by atoms with van der Waals surface area (Å²) in [5, 5.41) is 0. The van der Waals surface area contributed by atoms with Crippen molar-refractivity contribution in [1.82, 2.24) is 9.55 Å². The van der Waals surface area contributed by atoms with Gasteiger partial charge in [0.2, 0.25) is 5.75 Å². The molecule has 100 valence electrons. The summed E-state index contributed by atoms with van der Waals surface area (Å²) in [5.74, 6) is 1.10. The Morgan fingerprint density at radius 2 is 1.74 bits per heavy atom. The van der Waals surface area contributed by atoms with Gasteiger partial charge in [0.05, 0.1) is 21.3 Å². The van der Waals surface area contributed by atoms with Gasteiger partial charge in [-0.15, -0.1) is 0 Å². The Labute approximate surface area is 110 Å². The number of benzene rings is 1. The van der Waals surface area contributed by atoms with Gasteiger partial charge in [0, 0.05) is 18.0 Å². The zero-order chi connectivity index (χ0) is 13.8. The van der Waals surface area contributed by atoms with Gasteiger partial charge in [-0.3, -0.25) is 9.36 Å². The van der Waals surface area contributed by atoms with Gasteiger partial charge in [0.1, 0.15) is 6.33 Å². The quantitative estimate of drug-likeness (QED) is 0.837. The Bertz CT molecular complexity index is 553. The molecule has 1 heterocycles. The Hall–Kier alpha value is -2.50. The summed E-state index contributed by atoms with van der Waals surface area (Å²) >= 11 is 0. The summed E-state index contributed by atoms with van der Waals surface area (Å²) < 4.78 is 17.0. The molecule has 0 unspecified atom stereocenters. The highest BCUT2D eigenvalue weighted by molar-refractivity contribution is 5.97. The van der Waals surface area contributed by atoms with Crippen molar-refractivity contribution in [3.63, 3.8) is 0 Å². The molecule has 0 saturated heterocycles. The van der Waals surface area contributed by atoms with Crippen LogP contribution in [0.1, 0.15) is 10.4 Å². The molecule has 1 aromatic heterocycles. The van der Waals surface area contributed by atoms with Crippen LogP contribution in [0, 0.1) is 0 Å². The second-order valence-corrected chi connectivity index (χ2v) is 3.69. The molecule has 0 radical (unpaired) electrons. The van der Waals surface area contributed by atoms with Crippen LogP contribution in [0.25, 0.3) is 0 Å². The number of carbonyl (C=O) groups is 1. The SMILES string of the molecule is COc1cc(C(=O)n2ccnc2)cc(OC)c1OC. The number of imidazole rings is 1. The van der Waals surface area contributed by atoms with E-state index in [1.165, 1.54) is 38.4 Å². The molecule has 2 rings (SSSR count). The van der Waals surface area contributed by atoms with E-state index < -0.39 is 0 Å². The van der Waals surface area contributed by atoms with E-state index in [2.05, 4.69) is 4.98 Å². The summed E-state index contributed by atoms with van der Waals surface area (Å²) in [6.07, 6.45) is 4.55. The van der Waals surface area contributed by atoms with E-state index in [1.54, 1.807) is 18.3 Å². The van der Waals surface area contributed by atoms with Crippen molar-refractivity contribution >= 4 is 5.91 Å². The third-order valence-electron chi connectivity index (χ3n) is 2.65. The molecule has 0 aliphatic heterocycles. The van der Waals surface area contributed by atoms with Gasteiger partial charge in [-0.05, 0) is 12.1 Å². The highest BCUT2D eigenvalue weighted by atomic mass is 16.5. The topological polar surface area (TPSA) is 62.6 Å². The maximum Gasteiger partial charge on any atom is 0.263 e. The Kier molecular flexibility index (Phi) is 3.70. The number of aromatic nitrogens is 2. The van der Waals surface area contributed by atoms with E-state index in [1.807, 2.05) is 0 Å². The van der Waals surface area contributed by atoms with Crippen LogP contribution >= 0.6 is 0 Å². The third-order valence-corrected chi connectivity index (χ3v) is 2.65. The zero-order valence-electron chi connectivity index (χ0n) is 10.9. The van der Waals surface area contributed by atoms with Gasteiger partial charge in [0.15, 0.2) is 11.5 Å². The highest BCUT2D eigenvalue weighted by Crippen LogP contribution is 2.38. The Morgan fingerprint density at radius 1 is 1.11 bits per heavy atom. The maximum absolute atomic E-state index is 12.2. The predicted octanol–water partition coefficient (Wildman–Crippen LogP) is 1.60. The fourth-order valence-electron chi connectivity index (χ4n) is 1.73. The van der Waals surface area contributed by atoms with Crippen LogP contribution in [0.2, 0.25) is 0 Å². The summed E-state index contributed by atoms with van der Waals surface area (Å²) in [5.41, 5.74) is 0.424. The molecule has 0 N–H and O–H groups in total. The number of hydrogen-bond acceptors (Lipinski definition) is 5. The van der Waals surface area contributed by atoms with Crippen molar-refractivity contribution in [1.29, 1.82) is 0 Å². The number of ether oxygens (including phenoxy) is 3. The standard InChI is InChI=1S/C13H14N2O4/c1-17-10-6-9(7-11(18-2)12(10)19-3)13(16)15-5-4-14-8-15/h4-8H,1-3H3. The van der Waals surface area contributed by atoms with Crippen molar-refractivity contribution in [2.24, 2.45) is 0 Å². The molecule has 0 bridgehead atoms. The monoisotopic (exact) mass is 262 g/mol. The molecule has 1 aromatic carbocycles. The van der Waals surface area contributed by atoms with Crippen LogP contribution in [-0.4, -0.2) is 36.8 Å². The fraction of sp³-hybridized carbons (Fsp3) is 0.231. The van der Waals surface area contributed by atoms with E-state index >= 15 is 0 Å². The average molecular weight is 262 g/mol. The largest absolute Gasteiger partial charge is 0.493 e. The minimum Gasteiger partial charge on any atom is -0.493 e. The molecule has 0 atom stereocenters. The summed E-state index contributed by atoms with van der Waals surface area (Å²) in [4.78, 5) is 16.1. The van der Waals surface area contributed by atoms with Gasteiger partial charge in [-0.2, -0.15) is 0 Å². The molecular formula is C13H14N2O4. The Balaban J connectivity index is 2.50. The lowest BCUT2D eigenvalue weighted by Crippen LogP contribution is -2.10. The summed E-state index contributed by atoms with van der Waals surface area (Å²) in [6.45, 7) is 0. The second-order valence-electron chi connectivity index (χ2n) is 3.69. The highest BCUT2D eigenvalue weighted by Gasteiger charge is 2.17. The first kappa shape index (κ1) is 12.9. The first-order valence-corrected chi connectivity index (χ1v) is 5.54. The predicted molar refractivity (Wildman–Crippen MR) is 68.1 cm³/mol. The molecule has 6 nitrogen and oxygen atoms in total. The average Bonchev–Trinajstić information content (AvgIpc) is 2.98. The molecule has 0 aliphatic carbocycles. The second kappa shape index (κ2) is 5.43. The lowest BCUT2D eigenvalue weighted by molar-refractivity contribution is 0.0959. The first-order chi connectivity index (χ1) is 9.21. The normalized spacial score (nSPS) is 10.1. The van der Waals surface area contributed by atoms with Crippen LogP contribution in [0.3, 0.4) is 0 Å². The molecule has 2 aromatic rings. The van der Waals surface area contributed by atoms with E-state index in [0.29, 0.717) is 22.8 Å². The van der Waals surface area contributed by atoms with E-state index in [0.717, 1.165) is 0 Å². The lowest BCUT2D eigenvalue weighted by atomic mass is 10.1. The molecule has 0 saturated carbocycles. The number of carbonyl (C=O) groups excluding carboxylic acids is 1. The van der Waals surface area contributed by atoms with Crippen molar-refractivity contribution in [2.75, 3.05) is 21.3 Å². The minimum absolute atomic E-state index is 0.225. The van der Waals surface area contributed by atoms with Gasteiger partial charge in [0.25, 0.3) is 5.91 Å². The molecule has 6 heteroatoms. The van der Waals surface area contributed by atoms with Gasteiger partial charge in [-0.25, -0.2) is 4.98 Å². The van der Waals surface area contributed by atoms with Crippen molar-refractivity contribution < 1.29 is 19.0 Å². The number of methoxy groups -OCH3 is 3. The summed E-state index contributed by atoms with van der Waals surface area (Å²) in [6, 6.07) is 3.20. The van der Waals surface area contributed by atoms with Gasteiger partial charge < -0.3 is 14.2 Å².